The second-order valence-electron chi connectivity index (χ2n) is 6.62. The van der Waals surface area contributed by atoms with Crippen molar-refractivity contribution >= 4 is 17.1 Å². The molecule has 0 fully saturated rings. The highest BCUT2D eigenvalue weighted by Gasteiger charge is 2.07. The number of hydrogen-bond acceptors (Lipinski definition) is 3. The molecule has 4 aromatic rings. The molecule has 0 aliphatic carbocycles. The van der Waals surface area contributed by atoms with Crippen LogP contribution < -0.4 is 10.2 Å². The molecule has 0 radical (unpaired) electrons. The minimum absolute atomic E-state index is 0.614. The van der Waals surface area contributed by atoms with Crippen LogP contribution in [0, 0.1) is 0 Å². The maximum absolute atomic E-state index is 5.38. The second kappa shape index (κ2) is 8.44. The van der Waals surface area contributed by atoms with Crippen molar-refractivity contribution < 1.29 is 4.74 Å². The molecule has 0 aliphatic heterocycles. The predicted molar refractivity (Wildman–Crippen MR) is 115 cm³/mol. The second-order valence-corrected chi connectivity index (χ2v) is 6.62. The van der Waals surface area contributed by atoms with Crippen molar-refractivity contribution in [1.82, 2.24) is 9.99 Å². The molecule has 1 heterocycles. The number of methoxy groups -OCH3 is 1. The van der Waals surface area contributed by atoms with Gasteiger partial charge in [-0.1, -0.05) is 66.7 Å². The fourth-order valence-corrected chi connectivity index (χ4v) is 3.38. The average Bonchev–Trinajstić information content (AvgIpc) is 3.10. The molecule has 140 valence electrons. The van der Waals surface area contributed by atoms with E-state index in [-0.39, 0.29) is 0 Å². The Labute approximate surface area is 165 Å². The molecule has 4 nitrogen and oxygen atoms in total. The first-order valence-electron chi connectivity index (χ1n) is 9.35. The van der Waals surface area contributed by atoms with Crippen LogP contribution in [0.3, 0.4) is 0 Å². The summed E-state index contributed by atoms with van der Waals surface area (Å²) >= 11 is 0. The molecule has 1 N–H and O–H groups in total. The molecule has 0 spiro atoms. The first-order chi connectivity index (χ1) is 13.8. The summed E-state index contributed by atoms with van der Waals surface area (Å²) in [6.45, 7) is 1.45. The Morgan fingerprint density at radius 2 is 1.68 bits per heavy atom. The number of nitrogens with zero attached hydrogens (tertiary/aromatic N) is 2. The van der Waals surface area contributed by atoms with Gasteiger partial charge in [0.25, 0.3) is 0 Å². The minimum Gasteiger partial charge on any atom is -0.496 e. The largest absolute Gasteiger partial charge is 0.496 e. The fourth-order valence-electron chi connectivity index (χ4n) is 3.38. The van der Waals surface area contributed by atoms with Gasteiger partial charge in [-0.25, -0.2) is 0 Å². The molecule has 0 saturated heterocycles. The Morgan fingerprint density at radius 3 is 2.54 bits per heavy atom. The summed E-state index contributed by atoms with van der Waals surface area (Å²) in [7, 11) is 1.68. The lowest BCUT2D eigenvalue weighted by molar-refractivity contribution is 0.408. The maximum Gasteiger partial charge on any atom is 0.123 e. The zero-order valence-electron chi connectivity index (χ0n) is 15.9. The molecule has 0 aliphatic rings. The SMILES string of the molecule is COc1ccccc1CN/N=C\c1cn(Cc2ccccc2)c2ccccc12. The molecule has 3 aromatic carbocycles. The van der Waals surface area contributed by atoms with Gasteiger partial charge < -0.3 is 14.7 Å². The van der Waals surface area contributed by atoms with Crippen molar-refractivity contribution in [2.75, 3.05) is 7.11 Å². The number of benzene rings is 3. The molecular weight excluding hydrogens is 346 g/mol. The lowest BCUT2D eigenvalue weighted by Crippen LogP contribution is -2.06. The normalized spacial score (nSPS) is 11.2. The van der Waals surface area contributed by atoms with Gasteiger partial charge in [0.1, 0.15) is 5.75 Å². The lowest BCUT2D eigenvalue weighted by atomic mass is 10.2. The van der Waals surface area contributed by atoms with E-state index in [1.54, 1.807) is 7.11 Å². The summed E-state index contributed by atoms with van der Waals surface area (Å²) in [5.74, 6) is 0.865. The molecule has 0 bridgehead atoms. The van der Waals surface area contributed by atoms with Crippen LogP contribution in [-0.4, -0.2) is 17.9 Å². The van der Waals surface area contributed by atoms with Crippen molar-refractivity contribution in [2.45, 2.75) is 13.1 Å². The van der Waals surface area contributed by atoms with E-state index < -0.39 is 0 Å². The van der Waals surface area contributed by atoms with Crippen molar-refractivity contribution in [3.63, 3.8) is 0 Å². The number of hydrazone groups is 1. The van der Waals surface area contributed by atoms with Crippen molar-refractivity contribution in [3.8, 4) is 5.75 Å². The standard InChI is InChI=1S/C24H23N3O/c1-28-24-14-8-5-11-20(24)15-25-26-16-21-18-27(17-19-9-3-2-4-10-19)23-13-7-6-12-22(21)23/h2-14,16,18,25H,15,17H2,1H3/b26-16-. The zero-order valence-corrected chi connectivity index (χ0v) is 15.9. The summed E-state index contributed by atoms with van der Waals surface area (Å²) in [6.07, 6.45) is 4.05. The van der Waals surface area contributed by atoms with Crippen LogP contribution >= 0.6 is 0 Å². The minimum atomic E-state index is 0.614. The molecule has 4 heteroatoms. The van der Waals surface area contributed by atoms with Gasteiger partial charge in [0.15, 0.2) is 0 Å². The van der Waals surface area contributed by atoms with Gasteiger partial charge in [-0.2, -0.15) is 5.10 Å². The summed E-state index contributed by atoms with van der Waals surface area (Å²) in [5, 5.41) is 5.63. The van der Waals surface area contributed by atoms with Crippen LogP contribution in [0.5, 0.6) is 5.75 Å². The van der Waals surface area contributed by atoms with Gasteiger partial charge in [0, 0.05) is 34.8 Å². The third-order valence-electron chi connectivity index (χ3n) is 4.77. The summed E-state index contributed by atoms with van der Waals surface area (Å²) < 4.78 is 7.65. The third-order valence-corrected chi connectivity index (χ3v) is 4.77. The molecular formula is C24H23N3O. The van der Waals surface area contributed by atoms with E-state index in [0.717, 1.165) is 23.4 Å². The molecule has 1 aromatic heterocycles. The number of para-hydroxylation sites is 2. The van der Waals surface area contributed by atoms with Crippen LogP contribution in [-0.2, 0) is 13.1 Å². The lowest BCUT2D eigenvalue weighted by Gasteiger charge is -2.07. The summed E-state index contributed by atoms with van der Waals surface area (Å²) in [5.41, 5.74) is 7.79. The summed E-state index contributed by atoms with van der Waals surface area (Å²) in [4.78, 5) is 0. The smallest absolute Gasteiger partial charge is 0.123 e. The van der Waals surface area contributed by atoms with Gasteiger partial charge >= 0.3 is 0 Å². The van der Waals surface area contributed by atoms with E-state index in [1.165, 1.54) is 16.5 Å². The van der Waals surface area contributed by atoms with Crippen LogP contribution in [0.2, 0.25) is 0 Å². The Kier molecular flexibility index (Phi) is 5.38. The Hall–Kier alpha value is -3.53. The van der Waals surface area contributed by atoms with Crippen LogP contribution in [0.4, 0.5) is 0 Å². The topological polar surface area (TPSA) is 38.5 Å². The first-order valence-corrected chi connectivity index (χ1v) is 9.35. The number of fused-ring (bicyclic) bond motifs is 1. The quantitative estimate of drug-likeness (QED) is 0.375. The molecule has 4 rings (SSSR count). The molecule has 0 saturated carbocycles. The van der Waals surface area contributed by atoms with Crippen LogP contribution in [0.1, 0.15) is 16.7 Å². The van der Waals surface area contributed by atoms with E-state index in [0.29, 0.717) is 6.54 Å². The zero-order chi connectivity index (χ0) is 19.2. The van der Waals surface area contributed by atoms with Gasteiger partial charge in [-0.3, -0.25) is 0 Å². The van der Waals surface area contributed by atoms with Gasteiger partial charge in [-0.05, 0) is 17.7 Å². The van der Waals surface area contributed by atoms with E-state index in [1.807, 2.05) is 36.5 Å². The van der Waals surface area contributed by atoms with E-state index in [9.17, 15) is 0 Å². The highest BCUT2D eigenvalue weighted by atomic mass is 16.5. The van der Waals surface area contributed by atoms with Crippen LogP contribution in [0.25, 0.3) is 10.9 Å². The monoisotopic (exact) mass is 369 g/mol. The van der Waals surface area contributed by atoms with Crippen molar-refractivity contribution in [3.05, 3.63) is 102 Å². The summed E-state index contributed by atoms with van der Waals surface area (Å²) in [6, 6.07) is 26.9. The predicted octanol–water partition coefficient (Wildman–Crippen LogP) is 4.82. The van der Waals surface area contributed by atoms with Crippen molar-refractivity contribution in [2.24, 2.45) is 5.10 Å². The first kappa shape index (κ1) is 17.9. The Balaban J connectivity index is 1.53. The Morgan fingerprint density at radius 1 is 0.929 bits per heavy atom. The van der Waals surface area contributed by atoms with Gasteiger partial charge in [0.2, 0.25) is 0 Å². The number of rotatable bonds is 7. The maximum atomic E-state index is 5.38. The highest BCUT2D eigenvalue weighted by molar-refractivity contribution is 5.99. The molecule has 28 heavy (non-hydrogen) atoms. The average molecular weight is 369 g/mol. The van der Waals surface area contributed by atoms with E-state index in [4.69, 9.17) is 4.74 Å². The van der Waals surface area contributed by atoms with Gasteiger partial charge in [0.05, 0.1) is 19.9 Å². The van der Waals surface area contributed by atoms with Gasteiger partial charge in [-0.15, -0.1) is 0 Å². The fraction of sp³-hybridized carbons (Fsp3) is 0.125. The molecule has 0 amide bonds. The van der Waals surface area contributed by atoms with E-state index in [2.05, 4.69) is 69.8 Å². The highest BCUT2D eigenvalue weighted by Crippen LogP contribution is 2.21. The Bertz CT molecular complexity index is 1080. The number of ether oxygens (including phenoxy) is 1. The molecule has 0 unspecified atom stereocenters. The number of hydrogen-bond donors (Lipinski definition) is 1. The number of nitrogens with one attached hydrogen (secondary N) is 1. The third kappa shape index (κ3) is 3.91. The van der Waals surface area contributed by atoms with E-state index >= 15 is 0 Å². The van der Waals surface area contributed by atoms with Crippen molar-refractivity contribution in [1.29, 1.82) is 0 Å². The number of aromatic nitrogens is 1. The van der Waals surface area contributed by atoms with Crippen LogP contribution in [0.15, 0.2) is 90.2 Å². The molecule has 0 atom stereocenters.